The standard InChI is InChI=1S/C13H14N4O2/c14-9-5-7-16(8-9)12-4-3-11-10(2-1-6-15-11)13(12)17(18)19/h1-4,6,9H,5,7-8,14H2. The molecule has 2 heterocycles. The van der Waals surface area contributed by atoms with Gasteiger partial charge in [-0.25, -0.2) is 0 Å². The molecular formula is C13H14N4O2. The van der Waals surface area contributed by atoms with Crippen LogP contribution in [0.5, 0.6) is 0 Å². The lowest BCUT2D eigenvalue weighted by Crippen LogP contribution is -2.26. The maximum atomic E-state index is 11.4. The third-order valence-corrected chi connectivity index (χ3v) is 3.48. The van der Waals surface area contributed by atoms with Crippen LogP contribution >= 0.6 is 0 Å². The Hall–Kier alpha value is -2.21. The van der Waals surface area contributed by atoms with Crippen molar-refractivity contribution in [2.75, 3.05) is 18.0 Å². The zero-order valence-electron chi connectivity index (χ0n) is 10.3. The lowest BCUT2D eigenvalue weighted by molar-refractivity contribution is -0.382. The largest absolute Gasteiger partial charge is 0.364 e. The SMILES string of the molecule is NC1CCN(c2ccc3ncccc3c2[N+](=O)[O-])C1. The van der Waals surface area contributed by atoms with Crippen LogP contribution in [0.2, 0.25) is 0 Å². The van der Waals surface area contributed by atoms with Crippen LogP contribution in [0.1, 0.15) is 6.42 Å². The minimum atomic E-state index is -0.330. The van der Waals surface area contributed by atoms with Gasteiger partial charge in [0, 0.05) is 25.3 Å². The molecule has 0 amide bonds. The van der Waals surface area contributed by atoms with E-state index in [-0.39, 0.29) is 16.7 Å². The molecule has 19 heavy (non-hydrogen) atoms. The lowest BCUT2D eigenvalue weighted by atomic mass is 10.1. The maximum absolute atomic E-state index is 11.4. The van der Waals surface area contributed by atoms with Crippen LogP contribution in [0.15, 0.2) is 30.5 Å². The lowest BCUT2D eigenvalue weighted by Gasteiger charge is -2.18. The first-order valence-electron chi connectivity index (χ1n) is 6.19. The van der Waals surface area contributed by atoms with E-state index < -0.39 is 0 Å². The van der Waals surface area contributed by atoms with Crippen LogP contribution in [0.4, 0.5) is 11.4 Å². The van der Waals surface area contributed by atoms with Crippen LogP contribution in [-0.4, -0.2) is 29.0 Å². The number of nitro benzene ring substituents is 1. The molecule has 0 spiro atoms. The van der Waals surface area contributed by atoms with E-state index in [2.05, 4.69) is 4.98 Å². The minimum absolute atomic E-state index is 0.0872. The highest BCUT2D eigenvalue weighted by Gasteiger charge is 2.27. The summed E-state index contributed by atoms with van der Waals surface area (Å²) >= 11 is 0. The molecule has 0 bridgehead atoms. The Kier molecular flexibility index (Phi) is 2.79. The topological polar surface area (TPSA) is 85.3 Å². The van der Waals surface area contributed by atoms with Gasteiger partial charge in [-0.05, 0) is 30.7 Å². The predicted octanol–water partition coefficient (Wildman–Crippen LogP) is 1.68. The summed E-state index contributed by atoms with van der Waals surface area (Å²) < 4.78 is 0. The third-order valence-electron chi connectivity index (χ3n) is 3.48. The fourth-order valence-corrected chi connectivity index (χ4v) is 2.58. The highest BCUT2D eigenvalue weighted by Crippen LogP contribution is 2.36. The summed E-state index contributed by atoms with van der Waals surface area (Å²) in [5.41, 5.74) is 7.28. The average molecular weight is 258 g/mol. The monoisotopic (exact) mass is 258 g/mol. The first-order valence-corrected chi connectivity index (χ1v) is 6.19. The van der Waals surface area contributed by atoms with Gasteiger partial charge < -0.3 is 10.6 Å². The Labute approximate surface area is 110 Å². The molecule has 1 aliphatic rings. The molecular weight excluding hydrogens is 244 g/mol. The summed E-state index contributed by atoms with van der Waals surface area (Å²) in [6.45, 7) is 1.42. The van der Waals surface area contributed by atoms with E-state index in [4.69, 9.17) is 5.73 Å². The predicted molar refractivity (Wildman–Crippen MR) is 73.2 cm³/mol. The van der Waals surface area contributed by atoms with Gasteiger partial charge in [0.25, 0.3) is 0 Å². The molecule has 1 saturated heterocycles. The molecule has 1 fully saturated rings. The zero-order valence-corrected chi connectivity index (χ0v) is 10.3. The zero-order chi connectivity index (χ0) is 13.4. The van der Waals surface area contributed by atoms with Gasteiger partial charge in [0.15, 0.2) is 0 Å². The summed E-state index contributed by atoms with van der Waals surface area (Å²) in [4.78, 5) is 17.2. The van der Waals surface area contributed by atoms with Gasteiger partial charge in [-0.15, -0.1) is 0 Å². The second kappa shape index (κ2) is 4.47. The van der Waals surface area contributed by atoms with Crippen molar-refractivity contribution in [3.8, 4) is 0 Å². The Morgan fingerprint density at radius 2 is 2.26 bits per heavy atom. The molecule has 1 aliphatic heterocycles. The molecule has 6 nitrogen and oxygen atoms in total. The molecule has 2 N–H and O–H groups in total. The van der Waals surface area contributed by atoms with Gasteiger partial charge >= 0.3 is 5.69 Å². The number of hydrogen-bond acceptors (Lipinski definition) is 5. The molecule has 1 aromatic carbocycles. The molecule has 6 heteroatoms. The molecule has 98 valence electrons. The highest BCUT2D eigenvalue weighted by atomic mass is 16.6. The van der Waals surface area contributed by atoms with Crippen molar-refractivity contribution >= 4 is 22.3 Å². The van der Waals surface area contributed by atoms with Crippen molar-refractivity contribution in [1.82, 2.24) is 4.98 Å². The summed E-state index contributed by atoms with van der Waals surface area (Å²) in [6, 6.07) is 7.13. The quantitative estimate of drug-likeness (QED) is 0.654. The Balaban J connectivity index is 2.19. The van der Waals surface area contributed by atoms with Crippen LogP contribution in [0, 0.1) is 10.1 Å². The molecule has 1 unspecified atom stereocenters. The van der Waals surface area contributed by atoms with Gasteiger partial charge in [-0.2, -0.15) is 0 Å². The number of anilines is 1. The van der Waals surface area contributed by atoms with Gasteiger partial charge in [-0.3, -0.25) is 15.1 Å². The van der Waals surface area contributed by atoms with Gasteiger partial charge in [0.05, 0.1) is 15.8 Å². The number of nitrogens with zero attached hydrogens (tertiary/aromatic N) is 3. The average Bonchev–Trinajstić information content (AvgIpc) is 2.83. The van der Waals surface area contributed by atoms with Crippen molar-refractivity contribution in [3.05, 3.63) is 40.6 Å². The number of hydrogen-bond donors (Lipinski definition) is 1. The Morgan fingerprint density at radius 1 is 1.42 bits per heavy atom. The second-order valence-electron chi connectivity index (χ2n) is 4.76. The van der Waals surface area contributed by atoms with Gasteiger partial charge in [0.2, 0.25) is 0 Å². The summed E-state index contributed by atoms with van der Waals surface area (Å²) in [5, 5.41) is 12.0. The number of nitrogens with two attached hydrogens (primary N) is 1. The number of nitro groups is 1. The number of benzene rings is 1. The van der Waals surface area contributed by atoms with Crippen molar-refractivity contribution in [3.63, 3.8) is 0 Å². The fourth-order valence-electron chi connectivity index (χ4n) is 2.58. The number of pyridine rings is 1. The second-order valence-corrected chi connectivity index (χ2v) is 4.76. The molecule has 2 aromatic rings. The number of rotatable bonds is 2. The van der Waals surface area contributed by atoms with Gasteiger partial charge in [0.1, 0.15) is 5.69 Å². The fraction of sp³-hybridized carbons (Fsp3) is 0.308. The van der Waals surface area contributed by atoms with Crippen LogP contribution in [0.25, 0.3) is 10.9 Å². The van der Waals surface area contributed by atoms with Crippen LogP contribution < -0.4 is 10.6 Å². The first-order chi connectivity index (χ1) is 9.16. The van der Waals surface area contributed by atoms with E-state index >= 15 is 0 Å². The van der Waals surface area contributed by atoms with Crippen molar-refractivity contribution in [2.45, 2.75) is 12.5 Å². The smallest absolute Gasteiger partial charge is 0.301 e. The van der Waals surface area contributed by atoms with Crippen molar-refractivity contribution in [1.29, 1.82) is 0 Å². The molecule has 0 saturated carbocycles. The molecule has 0 radical (unpaired) electrons. The van der Waals surface area contributed by atoms with Gasteiger partial charge in [-0.1, -0.05) is 0 Å². The van der Waals surface area contributed by atoms with Crippen molar-refractivity contribution in [2.24, 2.45) is 5.73 Å². The van der Waals surface area contributed by atoms with Crippen molar-refractivity contribution < 1.29 is 4.92 Å². The Morgan fingerprint density at radius 3 is 2.95 bits per heavy atom. The third kappa shape index (κ3) is 2.00. The first kappa shape index (κ1) is 11.9. The normalized spacial score (nSPS) is 19.0. The van der Waals surface area contributed by atoms with E-state index in [1.165, 1.54) is 0 Å². The van der Waals surface area contributed by atoms with E-state index in [1.807, 2.05) is 11.0 Å². The summed E-state index contributed by atoms with van der Waals surface area (Å²) in [7, 11) is 0. The Bertz CT molecular complexity index is 644. The summed E-state index contributed by atoms with van der Waals surface area (Å²) in [5.74, 6) is 0. The number of aromatic nitrogens is 1. The summed E-state index contributed by atoms with van der Waals surface area (Å²) in [6.07, 6.45) is 2.50. The molecule has 3 rings (SSSR count). The van der Waals surface area contributed by atoms with E-state index in [0.29, 0.717) is 23.1 Å². The van der Waals surface area contributed by atoms with Crippen LogP contribution in [0.3, 0.4) is 0 Å². The maximum Gasteiger partial charge on any atom is 0.301 e. The van der Waals surface area contributed by atoms with E-state index in [9.17, 15) is 10.1 Å². The van der Waals surface area contributed by atoms with Crippen LogP contribution in [-0.2, 0) is 0 Å². The molecule has 0 aliphatic carbocycles. The minimum Gasteiger partial charge on any atom is -0.364 e. The molecule has 1 atom stereocenters. The van der Waals surface area contributed by atoms with E-state index in [0.717, 1.165) is 13.0 Å². The number of fused-ring (bicyclic) bond motifs is 1. The molecule has 1 aromatic heterocycles. The van der Waals surface area contributed by atoms with E-state index in [1.54, 1.807) is 24.4 Å². The highest BCUT2D eigenvalue weighted by molar-refractivity contribution is 5.94.